The van der Waals surface area contributed by atoms with Crippen LogP contribution in [0.1, 0.15) is 122 Å². The monoisotopic (exact) mass is 576 g/mol. The topological polar surface area (TPSA) is 102 Å². The SMILES string of the molecule is C=C(C)[C@@H]1CCC(C)=C[C@H]1c1c(O)cc(CCC)cc1OC(=O)C1(OP(=O)(O)OCCCCCC)CCCCC1. The smallest absolute Gasteiger partial charge is 0.473 e. The molecule has 1 aromatic carbocycles. The van der Waals surface area contributed by atoms with Crippen molar-refractivity contribution in [2.75, 3.05) is 6.61 Å². The highest BCUT2D eigenvalue weighted by Gasteiger charge is 2.48. The molecule has 3 atom stereocenters. The molecule has 224 valence electrons. The Labute approximate surface area is 240 Å². The van der Waals surface area contributed by atoms with Crippen molar-refractivity contribution >= 4 is 13.8 Å². The van der Waals surface area contributed by atoms with Crippen molar-refractivity contribution in [1.82, 2.24) is 0 Å². The van der Waals surface area contributed by atoms with Crippen LogP contribution in [0.4, 0.5) is 0 Å². The van der Waals surface area contributed by atoms with E-state index in [1.807, 2.05) is 19.9 Å². The second-order valence-corrected chi connectivity index (χ2v) is 13.1. The molecule has 0 spiro atoms. The molecule has 1 fully saturated rings. The molecule has 2 N–H and O–H groups in total. The zero-order valence-electron chi connectivity index (χ0n) is 24.9. The Morgan fingerprint density at radius 1 is 1.12 bits per heavy atom. The van der Waals surface area contributed by atoms with Crippen LogP contribution in [0.5, 0.6) is 11.5 Å². The number of aryl methyl sites for hydroxylation is 1. The van der Waals surface area contributed by atoms with Gasteiger partial charge in [-0.25, -0.2) is 9.36 Å². The van der Waals surface area contributed by atoms with Gasteiger partial charge in [-0.2, -0.15) is 0 Å². The fourth-order valence-electron chi connectivity index (χ4n) is 6.03. The Balaban J connectivity index is 1.95. The number of rotatable bonds is 14. The molecule has 0 aromatic heterocycles. The largest absolute Gasteiger partial charge is 0.507 e. The van der Waals surface area contributed by atoms with E-state index in [-0.39, 0.29) is 42.8 Å². The van der Waals surface area contributed by atoms with Crippen molar-refractivity contribution in [3.8, 4) is 11.5 Å². The zero-order valence-corrected chi connectivity index (χ0v) is 25.8. The number of esters is 1. The van der Waals surface area contributed by atoms with E-state index >= 15 is 0 Å². The van der Waals surface area contributed by atoms with E-state index in [9.17, 15) is 19.4 Å². The number of allylic oxidation sites excluding steroid dienone is 3. The van der Waals surface area contributed by atoms with Crippen LogP contribution in [0.3, 0.4) is 0 Å². The van der Waals surface area contributed by atoms with Gasteiger partial charge < -0.3 is 14.7 Å². The maximum Gasteiger partial charge on any atom is 0.473 e. The summed E-state index contributed by atoms with van der Waals surface area (Å²) in [4.78, 5) is 24.5. The number of hydrogen-bond donors (Lipinski definition) is 2. The van der Waals surface area contributed by atoms with E-state index in [2.05, 4.69) is 26.5 Å². The lowest BCUT2D eigenvalue weighted by Crippen LogP contribution is -2.45. The van der Waals surface area contributed by atoms with Crippen molar-refractivity contribution in [2.45, 2.75) is 123 Å². The standard InChI is InChI=1S/C32H49O7P/c1-6-8-9-13-19-37-40(35,36)39-32(17-11-10-12-18-32)31(34)38-29-22-25(14-7-2)21-28(33)30(29)27-20-24(5)15-16-26(27)23(3)4/h20-22,26-27,33H,3,6-19H2,1-2,4-5H3,(H,35,36)/t26-,27+/m0/s1. The number of phenols is 1. The van der Waals surface area contributed by atoms with Gasteiger partial charge in [-0.05, 0) is 88.8 Å². The average molecular weight is 577 g/mol. The van der Waals surface area contributed by atoms with E-state index < -0.39 is 19.4 Å². The van der Waals surface area contributed by atoms with Crippen LogP contribution in [-0.4, -0.2) is 28.2 Å². The molecule has 40 heavy (non-hydrogen) atoms. The molecule has 1 saturated carbocycles. The van der Waals surface area contributed by atoms with Gasteiger partial charge in [0, 0.05) is 11.5 Å². The highest BCUT2D eigenvalue weighted by molar-refractivity contribution is 7.47. The van der Waals surface area contributed by atoms with Crippen molar-refractivity contribution in [2.24, 2.45) is 5.92 Å². The first-order valence-electron chi connectivity index (χ1n) is 15.1. The summed E-state index contributed by atoms with van der Waals surface area (Å²) in [6.07, 6.45) is 11.9. The fourth-order valence-corrected chi connectivity index (χ4v) is 7.14. The molecule has 1 unspecified atom stereocenters. The molecule has 1 aromatic rings. The molecule has 0 heterocycles. The minimum Gasteiger partial charge on any atom is -0.507 e. The molecule has 0 saturated heterocycles. The third kappa shape index (κ3) is 8.55. The van der Waals surface area contributed by atoms with E-state index in [1.165, 1.54) is 5.57 Å². The van der Waals surface area contributed by atoms with Crippen molar-refractivity contribution in [1.29, 1.82) is 0 Å². The quantitative estimate of drug-likeness (QED) is 0.0751. The molecule has 0 amide bonds. The van der Waals surface area contributed by atoms with Crippen molar-refractivity contribution in [3.05, 3.63) is 47.1 Å². The predicted octanol–water partition coefficient (Wildman–Crippen LogP) is 8.68. The van der Waals surface area contributed by atoms with Crippen LogP contribution in [0.2, 0.25) is 0 Å². The average Bonchev–Trinajstić information content (AvgIpc) is 2.88. The van der Waals surface area contributed by atoms with E-state index in [1.54, 1.807) is 6.07 Å². The number of aromatic hydroxyl groups is 1. The van der Waals surface area contributed by atoms with Gasteiger partial charge in [0.25, 0.3) is 0 Å². The number of carbonyl (C=O) groups excluding carboxylic acids is 1. The number of carbonyl (C=O) groups is 1. The Morgan fingerprint density at radius 3 is 2.50 bits per heavy atom. The third-order valence-corrected chi connectivity index (χ3v) is 9.30. The summed E-state index contributed by atoms with van der Waals surface area (Å²) < 4.78 is 30.1. The van der Waals surface area contributed by atoms with Gasteiger partial charge in [-0.1, -0.05) is 69.8 Å². The van der Waals surface area contributed by atoms with E-state index in [0.29, 0.717) is 31.2 Å². The number of unbranched alkanes of at least 4 members (excludes halogenated alkanes) is 3. The second-order valence-electron chi connectivity index (χ2n) is 11.7. The van der Waals surface area contributed by atoms with Gasteiger partial charge in [-0.3, -0.25) is 9.05 Å². The van der Waals surface area contributed by atoms with Crippen LogP contribution in [0, 0.1) is 5.92 Å². The Morgan fingerprint density at radius 2 is 1.85 bits per heavy atom. The summed E-state index contributed by atoms with van der Waals surface area (Å²) in [5.74, 6) is -0.477. The van der Waals surface area contributed by atoms with Crippen molar-refractivity contribution in [3.63, 3.8) is 0 Å². The van der Waals surface area contributed by atoms with Gasteiger partial charge in [0.05, 0.1) is 6.61 Å². The first-order valence-corrected chi connectivity index (χ1v) is 16.6. The minimum atomic E-state index is -4.50. The van der Waals surface area contributed by atoms with Gasteiger partial charge in [0.2, 0.25) is 0 Å². The van der Waals surface area contributed by atoms with Crippen LogP contribution in [0.15, 0.2) is 35.9 Å². The lowest BCUT2D eigenvalue weighted by Gasteiger charge is -2.36. The lowest BCUT2D eigenvalue weighted by atomic mass is 9.73. The minimum absolute atomic E-state index is 0.0813. The molecule has 3 rings (SSSR count). The first kappa shape index (κ1) is 32.6. The number of phosphoric ester groups is 1. The highest BCUT2D eigenvalue weighted by Crippen LogP contribution is 2.52. The third-order valence-electron chi connectivity index (χ3n) is 8.21. The number of ether oxygens (including phenoxy) is 1. The van der Waals surface area contributed by atoms with E-state index in [0.717, 1.165) is 56.1 Å². The summed E-state index contributed by atoms with van der Waals surface area (Å²) in [6, 6.07) is 3.58. The summed E-state index contributed by atoms with van der Waals surface area (Å²) in [5, 5.41) is 11.3. The Kier molecular flexibility index (Phi) is 12.1. The first-order chi connectivity index (χ1) is 19.0. The molecular formula is C32H49O7P. The zero-order chi connectivity index (χ0) is 29.3. The molecule has 2 aliphatic carbocycles. The second kappa shape index (κ2) is 14.8. The fraction of sp³-hybridized carbons (Fsp3) is 0.656. The summed E-state index contributed by atoms with van der Waals surface area (Å²) in [7, 11) is -4.50. The number of phenolic OH excluding ortho intramolecular Hbond substituents is 1. The molecule has 8 heteroatoms. The summed E-state index contributed by atoms with van der Waals surface area (Å²) in [5.41, 5.74) is 2.03. The normalized spacial score (nSPS) is 22.3. The summed E-state index contributed by atoms with van der Waals surface area (Å²) >= 11 is 0. The van der Waals surface area contributed by atoms with Crippen LogP contribution in [-0.2, 0) is 24.8 Å². The molecule has 2 aliphatic rings. The highest BCUT2D eigenvalue weighted by atomic mass is 31.2. The lowest BCUT2D eigenvalue weighted by molar-refractivity contribution is -0.157. The van der Waals surface area contributed by atoms with Crippen LogP contribution >= 0.6 is 7.82 Å². The predicted molar refractivity (Wildman–Crippen MR) is 159 cm³/mol. The molecule has 0 aliphatic heterocycles. The van der Waals surface area contributed by atoms with Crippen molar-refractivity contribution < 1.29 is 33.1 Å². The van der Waals surface area contributed by atoms with Crippen LogP contribution in [0.25, 0.3) is 0 Å². The van der Waals surface area contributed by atoms with Gasteiger partial charge in [-0.15, -0.1) is 0 Å². The van der Waals surface area contributed by atoms with E-state index in [4.69, 9.17) is 13.8 Å². The summed E-state index contributed by atoms with van der Waals surface area (Å²) in [6.45, 7) is 12.5. The van der Waals surface area contributed by atoms with Crippen LogP contribution < -0.4 is 4.74 Å². The van der Waals surface area contributed by atoms with Gasteiger partial charge >= 0.3 is 13.8 Å². The molecule has 0 bridgehead atoms. The van der Waals surface area contributed by atoms with Gasteiger partial charge in [0.15, 0.2) is 5.60 Å². The number of phosphoric acid groups is 1. The Bertz CT molecular complexity index is 1100. The molecule has 0 radical (unpaired) electrons. The number of hydrogen-bond acceptors (Lipinski definition) is 6. The Hall–Kier alpha value is -1.92. The maximum atomic E-state index is 13.9. The number of benzene rings is 1. The molecule has 7 nitrogen and oxygen atoms in total. The van der Waals surface area contributed by atoms with Gasteiger partial charge in [0.1, 0.15) is 11.5 Å². The maximum absolute atomic E-state index is 13.9. The molecular weight excluding hydrogens is 527 g/mol.